The van der Waals surface area contributed by atoms with Gasteiger partial charge in [0.2, 0.25) is 0 Å². The van der Waals surface area contributed by atoms with E-state index in [1.54, 1.807) is 0 Å². The highest BCUT2D eigenvalue weighted by Gasteiger charge is 2.63. The Morgan fingerprint density at radius 1 is 1.48 bits per heavy atom. The Labute approximate surface area is 149 Å². The molecule has 0 aromatic carbocycles. The van der Waals surface area contributed by atoms with Gasteiger partial charge in [0, 0.05) is 13.3 Å². The quantitative estimate of drug-likeness (QED) is 0.520. The molecule has 0 radical (unpaired) electrons. The SMILES string of the molecule is CO[C@H]1[C@H](n2cc(Br)c(=O)[nH]c2=O)O[C@H](C(=O)C(C)O)[C@]1(O)C(C)=O. The van der Waals surface area contributed by atoms with E-state index in [0.29, 0.717) is 0 Å². The van der Waals surface area contributed by atoms with Gasteiger partial charge in [0.05, 0.1) is 4.47 Å². The lowest BCUT2D eigenvalue weighted by Gasteiger charge is -2.30. The molecule has 10 nitrogen and oxygen atoms in total. The number of carbonyl (C=O) groups is 2. The fourth-order valence-electron chi connectivity index (χ4n) is 2.73. The number of nitrogens with zero attached hydrogens (tertiary/aromatic N) is 1. The molecule has 0 bridgehead atoms. The van der Waals surface area contributed by atoms with Crippen LogP contribution in [0.1, 0.15) is 20.1 Å². The van der Waals surface area contributed by atoms with Crippen molar-refractivity contribution < 1.29 is 29.3 Å². The molecule has 3 N–H and O–H groups in total. The maximum Gasteiger partial charge on any atom is 0.330 e. The molecule has 25 heavy (non-hydrogen) atoms. The van der Waals surface area contributed by atoms with Crippen LogP contribution >= 0.6 is 15.9 Å². The Hall–Kier alpha value is -1.66. The molecule has 1 aliphatic heterocycles. The molecule has 1 aromatic heterocycles. The maximum absolute atomic E-state index is 12.2. The number of nitrogens with one attached hydrogen (secondary N) is 1. The van der Waals surface area contributed by atoms with Gasteiger partial charge in [-0.25, -0.2) is 4.79 Å². The molecule has 1 aliphatic rings. The number of rotatable bonds is 5. The lowest BCUT2D eigenvalue weighted by molar-refractivity contribution is -0.161. The van der Waals surface area contributed by atoms with Crippen LogP contribution in [0.4, 0.5) is 0 Å². The number of ether oxygens (including phenoxy) is 2. The minimum atomic E-state index is -2.42. The average Bonchev–Trinajstić information content (AvgIpc) is 2.83. The molecule has 2 heterocycles. The van der Waals surface area contributed by atoms with E-state index in [2.05, 4.69) is 15.9 Å². The van der Waals surface area contributed by atoms with Crippen LogP contribution in [0.3, 0.4) is 0 Å². The minimum Gasteiger partial charge on any atom is -0.386 e. The van der Waals surface area contributed by atoms with Crippen LogP contribution in [0.15, 0.2) is 20.3 Å². The second kappa shape index (κ2) is 6.92. The van der Waals surface area contributed by atoms with E-state index in [1.165, 1.54) is 0 Å². The molecule has 2 rings (SSSR count). The number of aliphatic hydroxyl groups excluding tert-OH is 1. The zero-order chi connectivity index (χ0) is 19.1. The van der Waals surface area contributed by atoms with Crippen LogP contribution in [-0.2, 0) is 19.1 Å². The molecule has 0 amide bonds. The molecular formula is C14H17BrN2O8. The van der Waals surface area contributed by atoms with E-state index >= 15 is 0 Å². The van der Waals surface area contributed by atoms with E-state index in [9.17, 15) is 29.4 Å². The van der Waals surface area contributed by atoms with Gasteiger partial charge < -0.3 is 19.7 Å². The number of hydrogen-bond acceptors (Lipinski definition) is 8. The number of H-pyrrole nitrogens is 1. The average molecular weight is 421 g/mol. The fraction of sp³-hybridized carbons (Fsp3) is 0.571. The number of aliphatic hydroxyl groups is 2. The predicted octanol–water partition coefficient (Wildman–Crippen LogP) is -1.52. The van der Waals surface area contributed by atoms with Crippen LogP contribution in [-0.4, -0.2) is 62.4 Å². The van der Waals surface area contributed by atoms with Crippen molar-refractivity contribution in [3.63, 3.8) is 0 Å². The minimum absolute atomic E-state index is 0.0118. The van der Waals surface area contributed by atoms with Gasteiger partial charge in [-0.05, 0) is 29.8 Å². The van der Waals surface area contributed by atoms with Crippen LogP contribution in [0.5, 0.6) is 0 Å². The number of ketones is 2. The summed E-state index contributed by atoms with van der Waals surface area (Å²) in [6.07, 6.45) is -5.02. The molecule has 0 saturated carbocycles. The van der Waals surface area contributed by atoms with Crippen molar-refractivity contribution in [2.45, 2.75) is 44.0 Å². The Kier molecular flexibility index (Phi) is 5.44. The molecule has 138 valence electrons. The summed E-state index contributed by atoms with van der Waals surface area (Å²) in [5.41, 5.74) is -4.00. The third-order valence-corrected chi connectivity index (χ3v) is 4.62. The van der Waals surface area contributed by atoms with Crippen LogP contribution in [0.2, 0.25) is 0 Å². The number of methoxy groups -OCH3 is 1. The summed E-state index contributed by atoms with van der Waals surface area (Å²) in [6, 6.07) is 0. The van der Waals surface area contributed by atoms with Gasteiger partial charge in [0.15, 0.2) is 29.5 Å². The van der Waals surface area contributed by atoms with Gasteiger partial charge >= 0.3 is 5.69 Å². The zero-order valence-electron chi connectivity index (χ0n) is 13.6. The van der Waals surface area contributed by atoms with Crippen molar-refractivity contribution in [3.05, 3.63) is 31.5 Å². The number of halogens is 1. The van der Waals surface area contributed by atoms with Crippen LogP contribution in [0, 0.1) is 0 Å². The highest BCUT2D eigenvalue weighted by atomic mass is 79.9. The summed E-state index contributed by atoms with van der Waals surface area (Å²) in [6.45, 7) is 2.19. The smallest absolute Gasteiger partial charge is 0.330 e. The topological polar surface area (TPSA) is 148 Å². The highest BCUT2D eigenvalue weighted by Crippen LogP contribution is 2.40. The Balaban J connectivity index is 2.63. The molecule has 1 aromatic rings. The van der Waals surface area contributed by atoms with Crippen molar-refractivity contribution in [3.8, 4) is 0 Å². The highest BCUT2D eigenvalue weighted by molar-refractivity contribution is 9.10. The number of hydrogen-bond donors (Lipinski definition) is 3. The zero-order valence-corrected chi connectivity index (χ0v) is 15.1. The lowest BCUT2D eigenvalue weighted by atomic mass is 9.85. The van der Waals surface area contributed by atoms with Gasteiger partial charge in [-0.3, -0.25) is 23.9 Å². The van der Waals surface area contributed by atoms with Crippen molar-refractivity contribution in [1.82, 2.24) is 9.55 Å². The Morgan fingerprint density at radius 2 is 2.08 bits per heavy atom. The molecule has 0 aliphatic carbocycles. The second-order valence-electron chi connectivity index (χ2n) is 5.67. The largest absolute Gasteiger partial charge is 0.386 e. The van der Waals surface area contributed by atoms with Crippen molar-refractivity contribution >= 4 is 27.5 Å². The van der Waals surface area contributed by atoms with Crippen molar-refractivity contribution in [1.29, 1.82) is 0 Å². The molecular weight excluding hydrogens is 404 g/mol. The number of Topliss-reactive ketones (excluding diaryl/α,β-unsaturated/α-hetero) is 2. The standard InChI is InChI=1S/C14H17BrN2O8/c1-5(18)8(20)9-14(23,6(2)19)10(24-3)12(25-9)17-4-7(15)11(21)16-13(17)22/h4-5,9-10,12,18,23H,1-3H3,(H,16,21,22)/t5?,9-,10+,12-,14-/m1/s1. The van der Waals surface area contributed by atoms with E-state index in [-0.39, 0.29) is 4.47 Å². The van der Waals surface area contributed by atoms with Gasteiger partial charge in [-0.1, -0.05) is 0 Å². The summed E-state index contributed by atoms with van der Waals surface area (Å²) in [5.74, 6) is -1.78. The Morgan fingerprint density at radius 3 is 2.56 bits per heavy atom. The molecule has 1 unspecified atom stereocenters. The normalized spacial score (nSPS) is 30.2. The fourth-order valence-corrected chi connectivity index (χ4v) is 3.05. The van der Waals surface area contributed by atoms with Crippen molar-refractivity contribution in [2.75, 3.05) is 7.11 Å². The van der Waals surface area contributed by atoms with Gasteiger partial charge in [0.25, 0.3) is 5.56 Å². The van der Waals surface area contributed by atoms with Crippen LogP contribution < -0.4 is 11.2 Å². The van der Waals surface area contributed by atoms with Gasteiger partial charge in [-0.15, -0.1) is 0 Å². The first-order valence-corrected chi connectivity index (χ1v) is 7.99. The summed E-state index contributed by atoms with van der Waals surface area (Å²) < 4.78 is 11.5. The first kappa shape index (κ1) is 19.7. The molecule has 5 atom stereocenters. The number of aromatic amines is 1. The summed E-state index contributed by atoms with van der Waals surface area (Å²) in [4.78, 5) is 49.9. The monoisotopic (exact) mass is 420 g/mol. The summed E-state index contributed by atoms with van der Waals surface area (Å²) in [5, 5.41) is 20.4. The summed E-state index contributed by atoms with van der Waals surface area (Å²) >= 11 is 2.96. The summed E-state index contributed by atoms with van der Waals surface area (Å²) in [7, 11) is 1.16. The third kappa shape index (κ3) is 3.13. The first-order valence-electron chi connectivity index (χ1n) is 7.20. The predicted molar refractivity (Wildman–Crippen MR) is 86.0 cm³/mol. The van der Waals surface area contributed by atoms with E-state index in [0.717, 1.165) is 31.7 Å². The van der Waals surface area contributed by atoms with E-state index in [1.807, 2.05) is 4.98 Å². The van der Waals surface area contributed by atoms with Crippen molar-refractivity contribution in [2.24, 2.45) is 0 Å². The Bertz CT molecular complexity index is 816. The first-order chi connectivity index (χ1) is 11.5. The molecule has 0 spiro atoms. The third-order valence-electron chi connectivity index (χ3n) is 4.05. The molecule has 11 heteroatoms. The second-order valence-corrected chi connectivity index (χ2v) is 6.52. The molecule has 1 fully saturated rings. The number of aromatic nitrogens is 2. The maximum atomic E-state index is 12.2. The number of carbonyl (C=O) groups excluding carboxylic acids is 2. The van der Waals surface area contributed by atoms with E-state index < -0.39 is 53.0 Å². The van der Waals surface area contributed by atoms with Gasteiger partial charge in [-0.2, -0.15) is 0 Å². The van der Waals surface area contributed by atoms with Gasteiger partial charge in [0.1, 0.15) is 12.2 Å². The lowest BCUT2D eigenvalue weighted by Crippen LogP contribution is -2.58. The van der Waals surface area contributed by atoms with E-state index in [4.69, 9.17) is 9.47 Å². The van der Waals surface area contributed by atoms with Crippen LogP contribution in [0.25, 0.3) is 0 Å². The molecule has 1 saturated heterocycles.